The Labute approximate surface area is 117 Å². The van der Waals surface area contributed by atoms with Crippen LogP contribution in [-0.4, -0.2) is 12.3 Å². The van der Waals surface area contributed by atoms with E-state index in [-0.39, 0.29) is 5.78 Å². The largest absolute Gasteiger partial charge is 0.453 e. The molecule has 1 heterocycles. The highest BCUT2D eigenvalue weighted by atomic mass is 16.3. The van der Waals surface area contributed by atoms with Crippen LogP contribution in [0.25, 0.3) is 11.0 Å². The molecule has 0 spiro atoms. The molecule has 0 aliphatic carbocycles. The van der Waals surface area contributed by atoms with E-state index >= 15 is 0 Å². The molecule has 0 atom stereocenters. The highest BCUT2D eigenvalue weighted by molar-refractivity contribution is 6.08. The van der Waals surface area contributed by atoms with Crippen LogP contribution in [0.2, 0.25) is 0 Å². The molecular formula is C17H15NO2. The second kappa shape index (κ2) is 5.31. The molecular weight excluding hydrogens is 250 g/mol. The summed E-state index contributed by atoms with van der Waals surface area (Å²) < 4.78 is 5.59. The van der Waals surface area contributed by atoms with Gasteiger partial charge in [0.15, 0.2) is 5.76 Å². The van der Waals surface area contributed by atoms with Crippen LogP contribution in [0.4, 0.5) is 0 Å². The molecule has 100 valence electrons. The molecule has 0 amide bonds. The van der Waals surface area contributed by atoms with Gasteiger partial charge in [-0.2, -0.15) is 0 Å². The van der Waals surface area contributed by atoms with E-state index in [2.05, 4.69) is 0 Å². The number of rotatable bonds is 4. The van der Waals surface area contributed by atoms with Gasteiger partial charge in [-0.15, -0.1) is 0 Å². The van der Waals surface area contributed by atoms with E-state index in [1.54, 1.807) is 6.07 Å². The fourth-order valence-electron chi connectivity index (χ4n) is 2.23. The van der Waals surface area contributed by atoms with Gasteiger partial charge >= 0.3 is 0 Å². The summed E-state index contributed by atoms with van der Waals surface area (Å²) in [6.07, 6.45) is 0.819. The van der Waals surface area contributed by atoms with Crippen molar-refractivity contribution in [3.8, 4) is 0 Å². The Morgan fingerprint density at radius 3 is 2.50 bits per heavy atom. The predicted octanol–water partition coefficient (Wildman–Crippen LogP) is 3.17. The number of hydrogen-bond donors (Lipinski definition) is 1. The zero-order valence-corrected chi connectivity index (χ0v) is 11.0. The van der Waals surface area contributed by atoms with Crippen molar-refractivity contribution >= 4 is 16.8 Å². The van der Waals surface area contributed by atoms with E-state index < -0.39 is 0 Å². The maximum absolute atomic E-state index is 12.4. The molecule has 3 rings (SSSR count). The third-order valence-corrected chi connectivity index (χ3v) is 3.30. The maximum Gasteiger partial charge on any atom is 0.228 e. The Hall–Kier alpha value is -2.39. The van der Waals surface area contributed by atoms with Gasteiger partial charge in [0.2, 0.25) is 5.78 Å². The van der Waals surface area contributed by atoms with Gasteiger partial charge in [0, 0.05) is 10.9 Å². The molecule has 1 aromatic heterocycles. The molecule has 0 fully saturated rings. The summed E-state index contributed by atoms with van der Waals surface area (Å²) in [5.74, 6) is 0.276. The zero-order chi connectivity index (χ0) is 13.9. The van der Waals surface area contributed by atoms with Crippen LogP contribution < -0.4 is 5.73 Å². The molecule has 0 saturated heterocycles. The van der Waals surface area contributed by atoms with Crippen LogP contribution in [0, 0.1) is 0 Å². The molecule has 0 aliphatic heterocycles. The zero-order valence-electron chi connectivity index (χ0n) is 11.0. The standard InChI is InChI=1S/C17H15NO2/c18-10-9-12-5-7-13(8-6-12)17(19)16-11-14-3-1-2-4-15(14)20-16/h1-8,11H,9-10,18H2. The summed E-state index contributed by atoms with van der Waals surface area (Å²) >= 11 is 0. The quantitative estimate of drug-likeness (QED) is 0.737. The Balaban J connectivity index is 1.91. The van der Waals surface area contributed by atoms with Gasteiger partial charge in [-0.1, -0.05) is 42.5 Å². The first-order valence-electron chi connectivity index (χ1n) is 6.60. The number of ketones is 1. The highest BCUT2D eigenvalue weighted by Crippen LogP contribution is 2.21. The number of carbonyl (C=O) groups is 1. The van der Waals surface area contributed by atoms with Crippen molar-refractivity contribution in [3.05, 3.63) is 71.5 Å². The minimum absolute atomic E-state index is 0.0968. The van der Waals surface area contributed by atoms with Crippen molar-refractivity contribution in [2.24, 2.45) is 5.73 Å². The average molecular weight is 265 g/mol. The summed E-state index contributed by atoms with van der Waals surface area (Å²) in [6, 6.07) is 16.9. The normalized spacial score (nSPS) is 10.8. The molecule has 3 nitrogen and oxygen atoms in total. The lowest BCUT2D eigenvalue weighted by Gasteiger charge is -2.01. The van der Waals surface area contributed by atoms with Crippen molar-refractivity contribution in [1.29, 1.82) is 0 Å². The van der Waals surface area contributed by atoms with E-state index in [9.17, 15) is 4.79 Å². The molecule has 0 unspecified atom stereocenters. The van der Waals surface area contributed by atoms with Gasteiger partial charge in [0.05, 0.1) is 0 Å². The fourth-order valence-corrected chi connectivity index (χ4v) is 2.23. The number of hydrogen-bond acceptors (Lipinski definition) is 3. The SMILES string of the molecule is NCCc1ccc(C(=O)c2cc3ccccc3o2)cc1. The molecule has 2 N–H and O–H groups in total. The number of fused-ring (bicyclic) bond motifs is 1. The smallest absolute Gasteiger partial charge is 0.228 e. The third-order valence-electron chi connectivity index (χ3n) is 3.30. The Morgan fingerprint density at radius 1 is 1.05 bits per heavy atom. The molecule has 0 radical (unpaired) electrons. The summed E-state index contributed by atoms with van der Waals surface area (Å²) in [4.78, 5) is 12.4. The van der Waals surface area contributed by atoms with E-state index in [4.69, 9.17) is 10.2 Å². The lowest BCUT2D eigenvalue weighted by Crippen LogP contribution is -2.04. The van der Waals surface area contributed by atoms with Gasteiger partial charge < -0.3 is 10.2 Å². The summed E-state index contributed by atoms with van der Waals surface area (Å²) in [7, 11) is 0. The second-order valence-corrected chi connectivity index (χ2v) is 4.71. The van der Waals surface area contributed by atoms with Gasteiger partial charge in [0.25, 0.3) is 0 Å². The number of carbonyl (C=O) groups excluding carboxylic acids is 1. The van der Waals surface area contributed by atoms with Crippen LogP contribution >= 0.6 is 0 Å². The van der Waals surface area contributed by atoms with Crippen molar-refractivity contribution in [2.45, 2.75) is 6.42 Å². The van der Waals surface area contributed by atoms with E-state index in [0.29, 0.717) is 17.9 Å². The van der Waals surface area contributed by atoms with Crippen LogP contribution in [0.1, 0.15) is 21.7 Å². The van der Waals surface area contributed by atoms with Gasteiger partial charge in [-0.05, 0) is 30.7 Å². The molecule has 20 heavy (non-hydrogen) atoms. The maximum atomic E-state index is 12.4. The number of para-hydroxylation sites is 1. The average Bonchev–Trinajstić information content (AvgIpc) is 2.91. The number of benzene rings is 2. The van der Waals surface area contributed by atoms with E-state index in [0.717, 1.165) is 23.0 Å². The van der Waals surface area contributed by atoms with Crippen molar-refractivity contribution in [3.63, 3.8) is 0 Å². The highest BCUT2D eigenvalue weighted by Gasteiger charge is 2.14. The van der Waals surface area contributed by atoms with Gasteiger partial charge in [-0.25, -0.2) is 0 Å². The topological polar surface area (TPSA) is 56.2 Å². The van der Waals surface area contributed by atoms with E-state index in [1.165, 1.54) is 0 Å². The van der Waals surface area contributed by atoms with Crippen LogP contribution in [-0.2, 0) is 6.42 Å². The van der Waals surface area contributed by atoms with Crippen LogP contribution in [0.3, 0.4) is 0 Å². The second-order valence-electron chi connectivity index (χ2n) is 4.71. The minimum Gasteiger partial charge on any atom is -0.453 e. The van der Waals surface area contributed by atoms with Crippen LogP contribution in [0.15, 0.2) is 59.0 Å². The Morgan fingerprint density at radius 2 is 1.80 bits per heavy atom. The van der Waals surface area contributed by atoms with Gasteiger partial charge in [0.1, 0.15) is 5.58 Å². The van der Waals surface area contributed by atoms with Crippen LogP contribution in [0.5, 0.6) is 0 Å². The first kappa shape index (κ1) is 12.6. The lowest BCUT2D eigenvalue weighted by molar-refractivity contribution is 0.101. The molecule has 0 aliphatic rings. The monoisotopic (exact) mass is 265 g/mol. The summed E-state index contributed by atoms with van der Waals surface area (Å²) in [5.41, 5.74) is 8.01. The summed E-state index contributed by atoms with van der Waals surface area (Å²) in [6.45, 7) is 0.608. The fraction of sp³-hybridized carbons (Fsp3) is 0.118. The molecule has 3 heteroatoms. The molecule has 0 bridgehead atoms. The third kappa shape index (κ3) is 2.36. The first-order valence-corrected chi connectivity index (χ1v) is 6.60. The lowest BCUT2D eigenvalue weighted by atomic mass is 10.0. The van der Waals surface area contributed by atoms with Crippen molar-refractivity contribution < 1.29 is 9.21 Å². The first-order chi connectivity index (χ1) is 9.78. The van der Waals surface area contributed by atoms with E-state index in [1.807, 2.05) is 48.5 Å². The number of furan rings is 1. The molecule has 2 aromatic carbocycles. The Bertz CT molecular complexity index is 708. The van der Waals surface area contributed by atoms with Gasteiger partial charge in [-0.3, -0.25) is 4.79 Å². The molecule has 3 aromatic rings. The van der Waals surface area contributed by atoms with Crippen molar-refractivity contribution in [1.82, 2.24) is 0 Å². The number of nitrogens with two attached hydrogens (primary N) is 1. The molecule has 0 saturated carbocycles. The Kier molecular flexibility index (Phi) is 3.35. The van der Waals surface area contributed by atoms with Crippen molar-refractivity contribution in [2.75, 3.05) is 6.54 Å². The summed E-state index contributed by atoms with van der Waals surface area (Å²) in [5, 5.41) is 0.940. The predicted molar refractivity (Wildman–Crippen MR) is 78.8 cm³/mol. The minimum atomic E-state index is -0.0968.